The van der Waals surface area contributed by atoms with Crippen molar-refractivity contribution in [1.29, 1.82) is 0 Å². The molecule has 4 bridgehead atoms. The molecule has 16 rings (SSSR count). The van der Waals surface area contributed by atoms with Crippen LogP contribution in [0.3, 0.4) is 0 Å². The summed E-state index contributed by atoms with van der Waals surface area (Å²) in [5, 5.41) is 0. The lowest BCUT2D eigenvalue weighted by Gasteiger charge is -2.61. The summed E-state index contributed by atoms with van der Waals surface area (Å²) >= 11 is 0. The zero-order valence-corrected chi connectivity index (χ0v) is 46.3. The molecule has 0 atom stereocenters. The zero-order valence-electron chi connectivity index (χ0n) is 46.3. The number of hydrogen-bond acceptors (Lipinski definition) is 1. The zero-order chi connectivity index (χ0) is 52.4. The second-order valence-corrected chi connectivity index (χ2v) is 26.9. The molecular formula is C76H71N. The van der Waals surface area contributed by atoms with Gasteiger partial charge in [-0.05, 0) is 180 Å². The van der Waals surface area contributed by atoms with Gasteiger partial charge in [-0.15, -0.1) is 0 Å². The second kappa shape index (κ2) is 16.4. The first-order valence-electron chi connectivity index (χ1n) is 29.0. The Morgan fingerprint density at radius 1 is 0.377 bits per heavy atom. The van der Waals surface area contributed by atoms with E-state index in [-0.39, 0.29) is 21.7 Å². The molecule has 0 heterocycles. The van der Waals surface area contributed by atoms with Crippen molar-refractivity contribution in [2.75, 3.05) is 4.90 Å². The van der Waals surface area contributed by atoms with Gasteiger partial charge in [0.15, 0.2) is 0 Å². The molecule has 9 aromatic rings. The molecule has 1 heteroatoms. The summed E-state index contributed by atoms with van der Waals surface area (Å²) < 4.78 is 0. The molecule has 4 saturated carbocycles. The predicted octanol–water partition coefficient (Wildman–Crippen LogP) is 19.8. The Morgan fingerprint density at radius 3 is 1.44 bits per heavy atom. The minimum atomic E-state index is -0.583. The Balaban J connectivity index is 1.02. The predicted molar refractivity (Wildman–Crippen MR) is 322 cm³/mol. The van der Waals surface area contributed by atoms with Gasteiger partial charge in [0.1, 0.15) is 0 Å². The maximum Gasteiger partial charge on any atom is 0.0714 e. The van der Waals surface area contributed by atoms with Gasteiger partial charge in [-0.3, -0.25) is 0 Å². The van der Waals surface area contributed by atoms with Crippen LogP contribution in [-0.2, 0) is 27.1 Å². The molecule has 9 aromatic carbocycles. The molecule has 0 amide bonds. The van der Waals surface area contributed by atoms with Crippen molar-refractivity contribution in [3.05, 3.63) is 256 Å². The van der Waals surface area contributed by atoms with Crippen LogP contribution in [0.2, 0.25) is 0 Å². The lowest BCUT2D eigenvalue weighted by Crippen LogP contribution is -2.55. The lowest BCUT2D eigenvalue weighted by molar-refractivity contribution is -0.0399. The molecule has 0 saturated heterocycles. The highest BCUT2D eigenvalue weighted by Crippen LogP contribution is 2.70. The van der Waals surface area contributed by atoms with Gasteiger partial charge in [0.2, 0.25) is 0 Å². The monoisotopic (exact) mass is 998 g/mol. The maximum atomic E-state index is 2.72. The topological polar surface area (TPSA) is 3.24 Å². The van der Waals surface area contributed by atoms with Crippen molar-refractivity contribution < 1.29 is 0 Å². The number of anilines is 3. The van der Waals surface area contributed by atoms with E-state index < -0.39 is 5.41 Å². The van der Waals surface area contributed by atoms with E-state index in [0.717, 1.165) is 11.8 Å². The van der Waals surface area contributed by atoms with E-state index in [0.29, 0.717) is 11.8 Å². The molecular weight excluding hydrogens is 927 g/mol. The first kappa shape index (κ1) is 47.0. The fraction of sp³-hybridized carbons (Fsp3) is 0.289. The van der Waals surface area contributed by atoms with E-state index in [1.165, 1.54) is 138 Å². The number of hydrogen-bond donors (Lipinski definition) is 0. The van der Waals surface area contributed by atoms with Crippen molar-refractivity contribution in [2.45, 2.75) is 115 Å². The lowest BCUT2D eigenvalue weighted by atomic mass is 9.43. The van der Waals surface area contributed by atoms with Crippen LogP contribution >= 0.6 is 0 Å². The van der Waals surface area contributed by atoms with Crippen LogP contribution in [-0.4, -0.2) is 0 Å². The van der Waals surface area contributed by atoms with Gasteiger partial charge in [-0.25, -0.2) is 0 Å². The smallest absolute Gasteiger partial charge is 0.0714 e. The van der Waals surface area contributed by atoms with Gasteiger partial charge in [0.05, 0.1) is 16.8 Å². The summed E-state index contributed by atoms with van der Waals surface area (Å²) in [6.07, 6.45) is 6.86. The van der Waals surface area contributed by atoms with Crippen molar-refractivity contribution in [1.82, 2.24) is 0 Å². The number of para-hydroxylation sites is 1. The summed E-state index contributed by atoms with van der Waals surface area (Å²) in [6.45, 7) is 18.8. The van der Waals surface area contributed by atoms with Gasteiger partial charge in [0, 0.05) is 27.6 Å². The molecule has 0 aliphatic heterocycles. The van der Waals surface area contributed by atoms with Crippen LogP contribution < -0.4 is 4.90 Å². The number of fused-ring (bicyclic) bond motifs is 9. The molecule has 0 N–H and O–H groups in total. The normalized spacial score (nSPS) is 22.3. The molecule has 380 valence electrons. The van der Waals surface area contributed by atoms with Crippen molar-refractivity contribution in [3.63, 3.8) is 0 Å². The van der Waals surface area contributed by atoms with Gasteiger partial charge < -0.3 is 4.90 Å². The molecule has 4 fully saturated rings. The highest BCUT2D eigenvalue weighted by Gasteiger charge is 2.62. The third-order valence-corrected chi connectivity index (χ3v) is 20.5. The molecule has 7 aliphatic rings. The summed E-state index contributed by atoms with van der Waals surface area (Å²) in [7, 11) is 0. The molecule has 0 aromatic heterocycles. The average Bonchev–Trinajstić information content (AvgIpc) is 4.25. The Bertz CT molecular complexity index is 3780. The molecule has 77 heavy (non-hydrogen) atoms. The van der Waals surface area contributed by atoms with Crippen LogP contribution in [0.4, 0.5) is 17.1 Å². The minimum absolute atomic E-state index is 0.0232. The maximum absolute atomic E-state index is 2.72. The molecule has 0 radical (unpaired) electrons. The number of benzene rings is 9. The number of rotatable bonds is 6. The Hall–Kier alpha value is -7.22. The van der Waals surface area contributed by atoms with Gasteiger partial charge >= 0.3 is 0 Å². The SMILES string of the molecule is CC(C)(C)c1ccc(C2(c3ccc(C(C)(C)C)cc3)c3ccccc3-c3c(N(c4ccc5c(c4)C4(c6ccccc6-5)C5CC6CC(C5)CC4C6)c4ccccc4-c4cccc5c4C(C)(C)c4ccccc4-5)cccc32)cc1. The van der Waals surface area contributed by atoms with Gasteiger partial charge in [-0.2, -0.15) is 0 Å². The first-order valence-corrected chi connectivity index (χ1v) is 29.0. The molecule has 0 unspecified atom stereocenters. The summed E-state index contributed by atoms with van der Waals surface area (Å²) in [4.78, 5) is 2.72. The summed E-state index contributed by atoms with van der Waals surface area (Å²) in [5.74, 6) is 3.07. The van der Waals surface area contributed by atoms with Crippen LogP contribution in [0, 0.1) is 23.7 Å². The largest absolute Gasteiger partial charge is 0.309 e. The summed E-state index contributed by atoms with van der Waals surface area (Å²) in [5.41, 5.74) is 27.6. The van der Waals surface area contributed by atoms with Crippen molar-refractivity contribution >= 4 is 17.1 Å². The van der Waals surface area contributed by atoms with Crippen molar-refractivity contribution in [2.24, 2.45) is 23.7 Å². The van der Waals surface area contributed by atoms with E-state index in [1.807, 2.05) is 0 Å². The fourth-order valence-corrected chi connectivity index (χ4v) is 17.4. The minimum Gasteiger partial charge on any atom is -0.309 e. The van der Waals surface area contributed by atoms with Crippen LogP contribution in [0.5, 0.6) is 0 Å². The third kappa shape index (κ3) is 6.47. The molecule has 1 spiro atoms. The standard InChI is InChI=1S/C76H71N/c1-72(2,3)49-31-35-51(36-32-49)75(52-37-33-50(34-38-52)73(4,5)6)65-27-15-11-22-62(65)70-66(75)28-18-30-69(70)77(68-29-16-12-21-59(68)61-24-17-23-60-57-20-9-13-25-63(57)74(7,8)71(60)61)55-39-40-58-56-19-10-14-26-64(56)76(67(58)46-55)53-42-47-41-48(44-53)45-54(76)43-47/h9-40,46-48,53-54H,41-45H2,1-8H3. The van der Waals surface area contributed by atoms with Gasteiger partial charge in [0.25, 0.3) is 0 Å². The van der Waals surface area contributed by atoms with Gasteiger partial charge in [-0.1, -0.05) is 231 Å². The Kier molecular flexibility index (Phi) is 10.0. The molecule has 7 aliphatic carbocycles. The molecule has 1 nitrogen and oxygen atoms in total. The van der Waals surface area contributed by atoms with Crippen molar-refractivity contribution in [3.8, 4) is 44.5 Å². The van der Waals surface area contributed by atoms with E-state index in [1.54, 1.807) is 11.1 Å². The summed E-state index contributed by atoms with van der Waals surface area (Å²) in [6, 6.07) is 79.0. The van der Waals surface area contributed by atoms with Crippen LogP contribution in [0.15, 0.2) is 200 Å². The van der Waals surface area contributed by atoms with E-state index in [9.17, 15) is 0 Å². The highest BCUT2D eigenvalue weighted by molar-refractivity contribution is 6.01. The van der Waals surface area contributed by atoms with Crippen LogP contribution in [0.1, 0.15) is 143 Å². The second-order valence-electron chi connectivity index (χ2n) is 26.9. The van der Waals surface area contributed by atoms with E-state index in [4.69, 9.17) is 0 Å². The number of nitrogens with zero attached hydrogens (tertiary/aromatic N) is 1. The highest BCUT2D eigenvalue weighted by atomic mass is 15.1. The first-order chi connectivity index (χ1) is 37.2. The quantitative estimate of drug-likeness (QED) is 0.160. The Morgan fingerprint density at radius 2 is 0.831 bits per heavy atom. The third-order valence-electron chi connectivity index (χ3n) is 20.5. The Labute approximate surface area is 458 Å². The van der Waals surface area contributed by atoms with Crippen LogP contribution in [0.25, 0.3) is 44.5 Å². The van der Waals surface area contributed by atoms with E-state index in [2.05, 4.69) is 260 Å². The van der Waals surface area contributed by atoms with E-state index >= 15 is 0 Å². The fourth-order valence-electron chi connectivity index (χ4n) is 17.4. The average molecular weight is 998 g/mol.